The molecule has 0 atom stereocenters. The van der Waals surface area contributed by atoms with Crippen LogP contribution in [0, 0.1) is 5.92 Å². The predicted octanol–water partition coefficient (Wildman–Crippen LogP) is 4.83. The van der Waals surface area contributed by atoms with Gasteiger partial charge in [-0.3, -0.25) is 9.59 Å². The van der Waals surface area contributed by atoms with Crippen molar-refractivity contribution >= 4 is 23.2 Å². The minimum atomic E-state index is -0.182. The number of benzene rings is 2. The quantitative estimate of drug-likeness (QED) is 0.539. The van der Waals surface area contributed by atoms with Gasteiger partial charge in [-0.25, -0.2) is 0 Å². The molecule has 166 valence electrons. The lowest BCUT2D eigenvalue weighted by molar-refractivity contribution is -0.114. The van der Waals surface area contributed by atoms with E-state index >= 15 is 0 Å². The molecular weight excluding hydrogens is 390 g/mol. The maximum Gasteiger partial charge on any atom is 0.251 e. The first kappa shape index (κ1) is 22.7. The number of carbonyl (C=O) groups excluding carboxylic acids is 2. The van der Waals surface area contributed by atoms with Crippen LogP contribution in [0.3, 0.4) is 0 Å². The highest BCUT2D eigenvalue weighted by Gasteiger charge is 2.17. The van der Waals surface area contributed by atoms with E-state index in [1.165, 1.54) is 19.3 Å². The van der Waals surface area contributed by atoms with Crippen LogP contribution in [0.15, 0.2) is 48.5 Å². The molecule has 3 N–H and O–H groups in total. The Morgan fingerprint density at radius 3 is 2.52 bits per heavy atom. The monoisotopic (exact) mass is 423 g/mol. The van der Waals surface area contributed by atoms with E-state index in [4.69, 9.17) is 4.74 Å². The molecule has 6 heteroatoms. The average molecular weight is 424 g/mol. The van der Waals surface area contributed by atoms with Crippen molar-refractivity contribution in [2.75, 3.05) is 23.8 Å². The van der Waals surface area contributed by atoms with Crippen molar-refractivity contribution in [1.29, 1.82) is 0 Å². The van der Waals surface area contributed by atoms with Crippen molar-refractivity contribution in [3.8, 4) is 5.75 Å². The van der Waals surface area contributed by atoms with Crippen molar-refractivity contribution in [2.45, 2.75) is 52.0 Å². The largest absolute Gasteiger partial charge is 0.493 e. The molecular formula is C25H33N3O3. The van der Waals surface area contributed by atoms with Crippen molar-refractivity contribution < 1.29 is 14.3 Å². The fourth-order valence-corrected chi connectivity index (χ4v) is 3.60. The van der Waals surface area contributed by atoms with E-state index in [9.17, 15) is 9.59 Å². The van der Waals surface area contributed by atoms with Crippen LogP contribution in [-0.2, 0) is 4.79 Å². The highest BCUT2D eigenvalue weighted by atomic mass is 16.5. The SMILES string of the molecule is CC(C)COc1cccc(NCC(=O)Nc2cccc(C(=O)NC3CCCCC3)c2)c1. The number of nitrogens with one attached hydrogen (secondary N) is 3. The second-order valence-electron chi connectivity index (χ2n) is 8.52. The third kappa shape index (κ3) is 7.63. The van der Waals surface area contributed by atoms with Gasteiger partial charge in [0, 0.05) is 29.0 Å². The Hall–Kier alpha value is -3.02. The van der Waals surface area contributed by atoms with Gasteiger partial charge in [-0.15, -0.1) is 0 Å². The van der Waals surface area contributed by atoms with Gasteiger partial charge < -0.3 is 20.7 Å². The first-order valence-corrected chi connectivity index (χ1v) is 11.2. The third-order valence-corrected chi connectivity index (χ3v) is 5.22. The Labute approximate surface area is 184 Å². The first-order valence-electron chi connectivity index (χ1n) is 11.2. The number of rotatable bonds is 9. The van der Waals surface area contributed by atoms with E-state index < -0.39 is 0 Å². The van der Waals surface area contributed by atoms with Gasteiger partial charge in [0.15, 0.2) is 0 Å². The molecule has 0 aromatic heterocycles. The van der Waals surface area contributed by atoms with Gasteiger partial charge in [-0.2, -0.15) is 0 Å². The second-order valence-corrected chi connectivity index (χ2v) is 8.52. The molecule has 2 aromatic rings. The van der Waals surface area contributed by atoms with Gasteiger partial charge in [0.05, 0.1) is 13.2 Å². The lowest BCUT2D eigenvalue weighted by Crippen LogP contribution is -2.36. The van der Waals surface area contributed by atoms with E-state index in [-0.39, 0.29) is 24.4 Å². The first-order chi connectivity index (χ1) is 15.0. The smallest absolute Gasteiger partial charge is 0.251 e. The molecule has 0 spiro atoms. The maximum atomic E-state index is 12.5. The lowest BCUT2D eigenvalue weighted by Gasteiger charge is -2.22. The highest BCUT2D eigenvalue weighted by molar-refractivity contribution is 5.98. The predicted molar refractivity (Wildman–Crippen MR) is 125 cm³/mol. The van der Waals surface area contributed by atoms with E-state index in [0.717, 1.165) is 24.3 Å². The summed E-state index contributed by atoms with van der Waals surface area (Å²) < 4.78 is 5.72. The summed E-state index contributed by atoms with van der Waals surface area (Å²) in [5, 5.41) is 9.07. The summed E-state index contributed by atoms with van der Waals surface area (Å²) in [5.74, 6) is 0.955. The summed E-state index contributed by atoms with van der Waals surface area (Å²) >= 11 is 0. The van der Waals surface area contributed by atoms with Crippen molar-refractivity contribution in [1.82, 2.24) is 5.32 Å². The summed E-state index contributed by atoms with van der Waals surface area (Å²) in [6.45, 7) is 4.96. The number of hydrogen-bond donors (Lipinski definition) is 3. The summed E-state index contributed by atoms with van der Waals surface area (Å²) in [4.78, 5) is 24.9. The van der Waals surface area contributed by atoms with Crippen LogP contribution in [-0.4, -0.2) is 31.0 Å². The van der Waals surface area contributed by atoms with E-state index in [1.54, 1.807) is 24.3 Å². The van der Waals surface area contributed by atoms with Crippen molar-refractivity contribution in [3.63, 3.8) is 0 Å². The molecule has 0 radical (unpaired) electrons. The zero-order valence-corrected chi connectivity index (χ0v) is 18.4. The van der Waals surface area contributed by atoms with Gasteiger partial charge in [-0.05, 0) is 49.1 Å². The van der Waals surface area contributed by atoms with E-state index in [2.05, 4.69) is 29.8 Å². The molecule has 1 saturated carbocycles. The Bertz CT molecular complexity index is 876. The van der Waals surface area contributed by atoms with Crippen LogP contribution in [0.2, 0.25) is 0 Å². The van der Waals surface area contributed by atoms with Crippen molar-refractivity contribution in [2.24, 2.45) is 5.92 Å². The van der Waals surface area contributed by atoms with Crippen molar-refractivity contribution in [3.05, 3.63) is 54.1 Å². The molecule has 1 aliphatic carbocycles. The van der Waals surface area contributed by atoms with E-state index in [1.807, 2.05) is 24.3 Å². The molecule has 1 aliphatic rings. The van der Waals surface area contributed by atoms with E-state index in [0.29, 0.717) is 23.8 Å². The number of amides is 2. The zero-order chi connectivity index (χ0) is 22.1. The van der Waals surface area contributed by atoms with Gasteiger partial charge >= 0.3 is 0 Å². The molecule has 0 aliphatic heterocycles. The van der Waals surface area contributed by atoms with Crippen LogP contribution >= 0.6 is 0 Å². The fraction of sp³-hybridized carbons (Fsp3) is 0.440. The Balaban J connectivity index is 1.49. The number of anilines is 2. The number of hydrogen-bond acceptors (Lipinski definition) is 4. The molecule has 0 unspecified atom stereocenters. The summed E-state index contributed by atoms with van der Waals surface area (Å²) in [5.41, 5.74) is 1.99. The summed E-state index contributed by atoms with van der Waals surface area (Å²) in [6, 6.07) is 14.9. The second kappa shape index (κ2) is 11.4. The molecule has 0 heterocycles. The van der Waals surface area contributed by atoms with Crippen LogP contribution in [0.4, 0.5) is 11.4 Å². The standard InChI is InChI=1S/C25H33N3O3/c1-18(2)17-31-23-13-7-11-21(15-23)26-16-24(29)27-22-12-6-8-19(14-22)25(30)28-20-9-4-3-5-10-20/h6-8,11-15,18,20,26H,3-5,9-10,16-17H2,1-2H3,(H,27,29)(H,28,30). The molecule has 2 amide bonds. The Morgan fingerprint density at radius 1 is 1.00 bits per heavy atom. The molecule has 0 bridgehead atoms. The van der Waals surface area contributed by atoms with Gasteiger partial charge in [0.25, 0.3) is 5.91 Å². The minimum Gasteiger partial charge on any atom is -0.493 e. The molecule has 0 saturated heterocycles. The maximum absolute atomic E-state index is 12.5. The summed E-state index contributed by atoms with van der Waals surface area (Å²) in [7, 11) is 0. The molecule has 6 nitrogen and oxygen atoms in total. The summed E-state index contributed by atoms with van der Waals surface area (Å²) in [6.07, 6.45) is 5.66. The van der Waals surface area contributed by atoms with Gasteiger partial charge in [-0.1, -0.05) is 45.2 Å². The minimum absolute atomic E-state index is 0.0839. The van der Waals surface area contributed by atoms with Gasteiger partial charge in [0.2, 0.25) is 5.91 Å². The molecule has 1 fully saturated rings. The van der Waals surface area contributed by atoms with Crippen LogP contribution < -0.4 is 20.7 Å². The molecule has 31 heavy (non-hydrogen) atoms. The van der Waals surface area contributed by atoms with Crippen LogP contribution in [0.25, 0.3) is 0 Å². The molecule has 2 aromatic carbocycles. The Kier molecular flexibility index (Phi) is 8.33. The van der Waals surface area contributed by atoms with Crippen LogP contribution in [0.5, 0.6) is 5.75 Å². The fourth-order valence-electron chi connectivity index (χ4n) is 3.60. The zero-order valence-electron chi connectivity index (χ0n) is 18.4. The lowest BCUT2D eigenvalue weighted by atomic mass is 9.95. The third-order valence-electron chi connectivity index (χ3n) is 5.22. The topological polar surface area (TPSA) is 79.5 Å². The average Bonchev–Trinajstić information content (AvgIpc) is 2.77. The van der Waals surface area contributed by atoms with Crippen LogP contribution in [0.1, 0.15) is 56.3 Å². The molecule has 3 rings (SSSR count). The number of ether oxygens (including phenoxy) is 1. The number of carbonyl (C=O) groups is 2. The Morgan fingerprint density at radius 2 is 1.74 bits per heavy atom. The van der Waals surface area contributed by atoms with Gasteiger partial charge in [0.1, 0.15) is 5.75 Å². The normalized spacial score (nSPS) is 14.2. The highest BCUT2D eigenvalue weighted by Crippen LogP contribution is 2.19.